The summed E-state index contributed by atoms with van der Waals surface area (Å²) in [7, 11) is 0. The van der Waals surface area contributed by atoms with Crippen LogP contribution >= 0.6 is 11.6 Å². The summed E-state index contributed by atoms with van der Waals surface area (Å²) in [6.07, 6.45) is 0. The molecule has 0 bridgehead atoms. The Bertz CT molecular complexity index is 517. The van der Waals surface area contributed by atoms with Gasteiger partial charge in [-0.1, -0.05) is 49.7 Å². The van der Waals surface area contributed by atoms with Crippen molar-refractivity contribution >= 4 is 22.4 Å². The molecule has 2 heteroatoms. The fourth-order valence-corrected chi connectivity index (χ4v) is 2.01. The first kappa shape index (κ1) is 11.4. The summed E-state index contributed by atoms with van der Waals surface area (Å²) < 4.78 is 0. The molecular weight excluding hydrogens is 218 g/mol. The third-order valence-electron chi connectivity index (χ3n) is 3.12. The quantitative estimate of drug-likeness (QED) is 0.841. The Labute approximate surface area is 101 Å². The molecule has 16 heavy (non-hydrogen) atoms. The minimum atomic E-state index is -0.00659. The lowest BCUT2D eigenvalue weighted by Crippen LogP contribution is -2.27. The summed E-state index contributed by atoms with van der Waals surface area (Å²) in [6.45, 7) is 4.92. The molecule has 2 N–H and O–H groups in total. The number of halogens is 1. The minimum Gasteiger partial charge on any atom is -0.330 e. The molecule has 2 aromatic carbocycles. The third kappa shape index (κ3) is 1.93. The molecule has 0 saturated carbocycles. The highest BCUT2D eigenvalue weighted by atomic mass is 35.5. The first-order valence-corrected chi connectivity index (χ1v) is 5.81. The van der Waals surface area contributed by atoms with Crippen molar-refractivity contribution in [1.29, 1.82) is 0 Å². The lowest BCUT2D eigenvalue weighted by atomic mass is 9.84. The number of hydrogen-bond acceptors (Lipinski definition) is 1. The van der Waals surface area contributed by atoms with Crippen LogP contribution in [0.4, 0.5) is 0 Å². The molecule has 0 aliphatic carbocycles. The van der Waals surface area contributed by atoms with Crippen LogP contribution in [-0.4, -0.2) is 6.54 Å². The molecular formula is C14H16ClN. The van der Waals surface area contributed by atoms with Crippen LogP contribution in [0.1, 0.15) is 19.4 Å². The maximum Gasteiger partial charge on any atom is 0.0484 e. The lowest BCUT2D eigenvalue weighted by Gasteiger charge is -2.23. The Balaban J connectivity index is 2.64. The van der Waals surface area contributed by atoms with E-state index in [-0.39, 0.29) is 5.41 Å². The number of fused-ring (bicyclic) bond motifs is 1. The van der Waals surface area contributed by atoms with E-state index in [1.54, 1.807) is 0 Å². The summed E-state index contributed by atoms with van der Waals surface area (Å²) in [4.78, 5) is 0. The Morgan fingerprint density at radius 1 is 1.19 bits per heavy atom. The molecule has 0 aliphatic heterocycles. The van der Waals surface area contributed by atoms with Crippen molar-refractivity contribution in [1.82, 2.24) is 0 Å². The van der Waals surface area contributed by atoms with Gasteiger partial charge in [0.15, 0.2) is 0 Å². The van der Waals surface area contributed by atoms with Gasteiger partial charge >= 0.3 is 0 Å². The van der Waals surface area contributed by atoms with Crippen molar-refractivity contribution in [2.24, 2.45) is 5.73 Å². The fourth-order valence-electron chi connectivity index (χ4n) is 1.77. The molecule has 0 spiro atoms. The van der Waals surface area contributed by atoms with Crippen LogP contribution in [-0.2, 0) is 5.41 Å². The third-order valence-corrected chi connectivity index (χ3v) is 3.45. The molecule has 2 aromatic rings. The van der Waals surface area contributed by atoms with Gasteiger partial charge in [0.2, 0.25) is 0 Å². The lowest BCUT2D eigenvalue weighted by molar-refractivity contribution is 0.540. The van der Waals surface area contributed by atoms with Crippen LogP contribution in [0.2, 0.25) is 5.02 Å². The van der Waals surface area contributed by atoms with E-state index in [2.05, 4.69) is 38.1 Å². The predicted molar refractivity (Wildman–Crippen MR) is 71.0 cm³/mol. The summed E-state index contributed by atoms with van der Waals surface area (Å²) in [5.74, 6) is 0. The second kappa shape index (κ2) is 4.08. The smallest absolute Gasteiger partial charge is 0.0484 e. The molecule has 0 fully saturated rings. The maximum absolute atomic E-state index is 6.19. The van der Waals surface area contributed by atoms with E-state index < -0.39 is 0 Å². The van der Waals surface area contributed by atoms with E-state index in [0.717, 1.165) is 10.4 Å². The molecule has 0 unspecified atom stereocenters. The Kier molecular flexibility index (Phi) is 2.92. The van der Waals surface area contributed by atoms with Gasteiger partial charge in [-0.25, -0.2) is 0 Å². The summed E-state index contributed by atoms with van der Waals surface area (Å²) in [5.41, 5.74) is 7.01. The zero-order valence-corrected chi connectivity index (χ0v) is 10.4. The molecule has 2 rings (SSSR count). The van der Waals surface area contributed by atoms with Gasteiger partial charge in [0.05, 0.1) is 0 Å². The van der Waals surface area contributed by atoms with Gasteiger partial charge in [0, 0.05) is 22.4 Å². The SMILES string of the molecule is CC(C)(CN)c1ccc2cccc(Cl)c2c1. The van der Waals surface area contributed by atoms with Crippen molar-refractivity contribution < 1.29 is 0 Å². The van der Waals surface area contributed by atoms with Crippen LogP contribution in [0.5, 0.6) is 0 Å². The van der Waals surface area contributed by atoms with Crippen LogP contribution in [0.15, 0.2) is 36.4 Å². The molecule has 0 aliphatic rings. The zero-order chi connectivity index (χ0) is 11.8. The average molecular weight is 234 g/mol. The summed E-state index contributed by atoms with van der Waals surface area (Å²) in [6, 6.07) is 12.3. The van der Waals surface area contributed by atoms with E-state index in [1.807, 2.05) is 12.1 Å². The Hall–Kier alpha value is -1.05. The van der Waals surface area contributed by atoms with Crippen molar-refractivity contribution in [2.75, 3.05) is 6.54 Å². The second-order valence-corrected chi connectivity index (χ2v) is 5.17. The molecule has 84 valence electrons. The van der Waals surface area contributed by atoms with E-state index in [9.17, 15) is 0 Å². The average Bonchev–Trinajstić information content (AvgIpc) is 2.29. The van der Waals surface area contributed by atoms with Gasteiger partial charge in [-0.05, 0) is 23.1 Å². The van der Waals surface area contributed by atoms with Crippen molar-refractivity contribution in [3.8, 4) is 0 Å². The van der Waals surface area contributed by atoms with Gasteiger partial charge in [0.1, 0.15) is 0 Å². The maximum atomic E-state index is 6.19. The normalized spacial score (nSPS) is 12.0. The first-order valence-electron chi connectivity index (χ1n) is 5.43. The Morgan fingerprint density at radius 2 is 1.94 bits per heavy atom. The number of nitrogens with two attached hydrogens (primary N) is 1. The number of benzene rings is 2. The summed E-state index contributed by atoms with van der Waals surface area (Å²) in [5, 5.41) is 3.07. The number of rotatable bonds is 2. The molecule has 0 radical (unpaired) electrons. The predicted octanol–water partition coefficient (Wildman–Crippen LogP) is 3.73. The molecule has 0 atom stereocenters. The zero-order valence-electron chi connectivity index (χ0n) is 9.63. The van der Waals surface area contributed by atoms with E-state index in [4.69, 9.17) is 17.3 Å². The molecule has 1 nitrogen and oxygen atoms in total. The first-order chi connectivity index (χ1) is 7.54. The minimum absolute atomic E-state index is 0.00659. The summed E-state index contributed by atoms with van der Waals surface area (Å²) >= 11 is 6.19. The van der Waals surface area contributed by atoms with Crippen molar-refractivity contribution in [3.63, 3.8) is 0 Å². The van der Waals surface area contributed by atoms with Crippen molar-refractivity contribution in [2.45, 2.75) is 19.3 Å². The van der Waals surface area contributed by atoms with Crippen LogP contribution in [0, 0.1) is 0 Å². The molecule has 0 heterocycles. The van der Waals surface area contributed by atoms with Gasteiger partial charge in [0.25, 0.3) is 0 Å². The Morgan fingerprint density at radius 3 is 2.62 bits per heavy atom. The fraction of sp³-hybridized carbons (Fsp3) is 0.286. The van der Waals surface area contributed by atoms with Gasteiger partial charge in [-0.15, -0.1) is 0 Å². The number of hydrogen-bond donors (Lipinski definition) is 1. The second-order valence-electron chi connectivity index (χ2n) is 4.76. The van der Waals surface area contributed by atoms with Crippen LogP contribution < -0.4 is 5.73 Å². The highest BCUT2D eigenvalue weighted by Crippen LogP contribution is 2.29. The van der Waals surface area contributed by atoms with Crippen LogP contribution in [0.25, 0.3) is 10.8 Å². The topological polar surface area (TPSA) is 26.0 Å². The molecule has 0 amide bonds. The van der Waals surface area contributed by atoms with Gasteiger partial charge in [-0.2, -0.15) is 0 Å². The largest absolute Gasteiger partial charge is 0.330 e. The highest BCUT2D eigenvalue weighted by molar-refractivity contribution is 6.35. The standard InChI is InChI=1S/C14H16ClN/c1-14(2,9-16)11-7-6-10-4-3-5-13(15)12(10)8-11/h3-8H,9,16H2,1-2H3. The van der Waals surface area contributed by atoms with Gasteiger partial charge in [-0.3, -0.25) is 0 Å². The van der Waals surface area contributed by atoms with E-state index in [1.165, 1.54) is 10.9 Å². The van der Waals surface area contributed by atoms with Crippen LogP contribution in [0.3, 0.4) is 0 Å². The highest BCUT2D eigenvalue weighted by Gasteiger charge is 2.18. The van der Waals surface area contributed by atoms with Crippen molar-refractivity contribution in [3.05, 3.63) is 47.0 Å². The monoisotopic (exact) mass is 233 g/mol. The molecule has 0 aromatic heterocycles. The van der Waals surface area contributed by atoms with E-state index >= 15 is 0 Å². The molecule has 0 saturated heterocycles. The van der Waals surface area contributed by atoms with Gasteiger partial charge < -0.3 is 5.73 Å². The van der Waals surface area contributed by atoms with E-state index in [0.29, 0.717) is 6.54 Å².